The van der Waals surface area contributed by atoms with E-state index in [1.165, 1.54) is 16.2 Å². The number of para-hydroxylation sites is 1. The van der Waals surface area contributed by atoms with Gasteiger partial charge in [0.15, 0.2) is 5.01 Å². The molecule has 0 saturated carbocycles. The van der Waals surface area contributed by atoms with Gasteiger partial charge in [0.2, 0.25) is 17.6 Å². The number of fused-ring (bicyclic) bond motifs is 1. The van der Waals surface area contributed by atoms with Gasteiger partial charge in [-0.1, -0.05) is 72.8 Å². The van der Waals surface area contributed by atoms with Gasteiger partial charge in [-0.3, -0.25) is 14.4 Å². The second kappa shape index (κ2) is 16.1. The van der Waals surface area contributed by atoms with Crippen molar-refractivity contribution in [3.05, 3.63) is 101 Å². The first-order chi connectivity index (χ1) is 22.4. The lowest BCUT2D eigenvalue weighted by molar-refractivity contribution is -0.135. The Kier molecular flexibility index (Phi) is 11.5. The average molecular weight is 641 g/mol. The highest BCUT2D eigenvalue weighted by molar-refractivity contribution is 7.20. The van der Waals surface area contributed by atoms with Crippen LogP contribution in [0.4, 0.5) is 4.79 Å². The molecule has 1 fully saturated rings. The molecule has 10 heteroatoms. The number of aromatic nitrogens is 1. The quantitative estimate of drug-likeness (QED) is 0.125. The van der Waals surface area contributed by atoms with E-state index in [9.17, 15) is 24.3 Å². The lowest BCUT2D eigenvalue weighted by atomic mass is 9.95. The number of aryl methyl sites for hydroxylation is 1. The van der Waals surface area contributed by atoms with Gasteiger partial charge in [0.25, 0.3) is 0 Å². The lowest BCUT2D eigenvalue weighted by Gasteiger charge is -2.33. The summed E-state index contributed by atoms with van der Waals surface area (Å²) in [6.45, 7) is 1.54. The maximum atomic E-state index is 13.8. The molecule has 1 aromatic heterocycles. The molecule has 0 aliphatic carbocycles. The van der Waals surface area contributed by atoms with E-state index in [1.54, 1.807) is 4.90 Å². The number of likely N-dealkylation sites (tertiary alicyclic amines) is 1. The van der Waals surface area contributed by atoms with Gasteiger partial charge in [-0.15, -0.1) is 11.3 Å². The van der Waals surface area contributed by atoms with Crippen LogP contribution in [0, 0.1) is 5.92 Å². The van der Waals surface area contributed by atoms with Crippen LogP contribution in [0.15, 0.2) is 84.9 Å². The number of amides is 3. The van der Waals surface area contributed by atoms with E-state index in [1.807, 2.05) is 84.9 Å². The van der Waals surface area contributed by atoms with Crippen LogP contribution < -0.4 is 5.32 Å². The zero-order valence-electron chi connectivity index (χ0n) is 25.8. The molecule has 1 saturated heterocycles. The minimum absolute atomic E-state index is 0.0296. The number of thiazole rings is 1. The predicted octanol–water partition coefficient (Wildman–Crippen LogP) is 6.19. The summed E-state index contributed by atoms with van der Waals surface area (Å²) in [5, 5.41) is 13.1. The fourth-order valence-corrected chi connectivity index (χ4v) is 6.81. The molecule has 2 heterocycles. The van der Waals surface area contributed by atoms with E-state index >= 15 is 0 Å². The molecule has 4 aromatic rings. The van der Waals surface area contributed by atoms with Crippen molar-refractivity contribution in [2.45, 2.75) is 57.5 Å². The number of piperidine rings is 1. The fraction of sp³-hybridized carbons (Fsp3) is 0.361. The molecule has 0 radical (unpaired) electrons. The molecular formula is C36H40N4O5S. The summed E-state index contributed by atoms with van der Waals surface area (Å²) in [7, 11) is 0. The molecule has 2 N–H and O–H groups in total. The smallest absolute Gasteiger partial charge is 0.407 e. The van der Waals surface area contributed by atoms with E-state index in [-0.39, 0.29) is 24.1 Å². The zero-order chi connectivity index (χ0) is 32.3. The number of ketones is 1. The van der Waals surface area contributed by atoms with Crippen LogP contribution in [0.3, 0.4) is 0 Å². The number of carboxylic acid groups (broad SMARTS) is 1. The third-order valence-electron chi connectivity index (χ3n) is 8.41. The summed E-state index contributed by atoms with van der Waals surface area (Å²) in [5.41, 5.74) is 2.74. The van der Waals surface area contributed by atoms with Crippen molar-refractivity contribution in [2.24, 2.45) is 5.92 Å². The highest BCUT2D eigenvalue weighted by atomic mass is 32.1. The van der Waals surface area contributed by atoms with E-state index in [0.717, 1.165) is 27.8 Å². The Morgan fingerprint density at radius 1 is 0.935 bits per heavy atom. The second-order valence-corrected chi connectivity index (χ2v) is 12.8. The molecule has 0 spiro atoms. The Labute approximate surface area is 273 Å². The Balaban J connectivity index is 1.21. The van der Waals surface area contributed by atoms with Crippen molar-refractivity contribution in [3.8, 4) is 0 Å². The van der Waals surface area contributed by atoms with E-state index < -0.39 is 18.1 Å². The van der Waals surface area contributed by atoms with Crippen LogP contribution in [0.1, 0.15) is 59.5 Å². The SMILES string of the molecule is O=C(c1nc2ccccc2s1)C(CCCCN(Cc1ccccc1)C(=O)O)NC(=O)[C@@H]1CCCN(C(=O)CCc2ccccc2)C1. The van der Waals surface area contributed by atoms with Crippen molar-refractivity contribution < 1.29 is 24.3 Å². The molecule has 3 aromatic carbocycles. The molecule has 3 amide bonds. The van der Waals surface area contributed by atoms with Crippen LogP contribution in [0.25, 0.3) is 10.2 Å². The largest absolute Gasteiger partial charge is 0.465 e. The average Bonchev–Trinajstić information content (AvgIpc) is 3.53. The van der Waals surface area contributed by atoms with Gasteiger partial charge >= 0.3 is 6.09 Å². The van der Waals surface area contributed by atoms with Crippen molar-refractivity contribution in [2.75, 3.05) is 19.6 Å². The highest BCUT2D eigenvalue weighted by Gasteiger charge is 2.32. The number of unbranched alkanes of at least 4 members (excludes halogenated alkanes) is 1. The minimum atomic E-state index is -1.00. The van der Waals surface area contributed by atoms with E-state index in [0.29, 0.717) is 63.2 Å². The number of rotatable bonds is 14. The molecule has 9 nitrogen and oxygen atoms in total. The van der Waals surface area contributed by atoms with Gasteiger partial charge in [-0.2, -0.15) is 0 Å². The van der Waals surface area contributed by atoms with Crippen molar-refractivity contribution in [1.82, 2.24) is 20.1 Å². The summed E-state index contributed by atoms with van der Waals surface area (Å²) in [6, 6.07) is 26.0. The molecular weight excluding hydrogens is 600 g/mol. The Hall–Kier alpha value is -4.57. The fourth-order valence-electron chi connectivity index (χ4n) is 5.85. The molecule has 1 unspecified atom stereocenters. The van der Waals surface area contributed by atoms with Crippen LogP contribution >= 0.6 is 11.3 Å². The predicted molar refractivity (Wildman–Crippen MR) is 179 cm³/mol. The van der Waals surface area contributed by atoms with Gasteiger partial charge in [0.05, 0.1) is 22.2 Å². The monoisotopic (exact) mass is 640 g/mol. The summed E-state index contributed by atoms with van der Waals surface area (Å²) in [5.74, 6) is -0.868. The standard InChI is InChI=1S/C36H40N4O5S/c41-32(21-20-26-12-3-1-4-13-26)39-23-11-16-28(25-39)34(43)37-30(33(42)35-38-29-17-7-8-19-31(29)46-35)18-9-10-22-40(36(44)45)24-27-14-5-2-6-15-27/h1-8,12-15,17,19,28,30H,9-11,16,18,20-25H2,(H,37,43)(H,44,45)/t28-,30?/m1/s1. The summed E-state index contributed by atoms with van der Waals surface area (Å²) in [6.07, 6.45) is 2.82. The topological polar surface area (TPSA) is 120 Å². The number of hydrogen-bond acceptors (Lipinski definition) is 6. The van der Waals surface area contributed by atoms with Crippen molar-refractivity contribution >= 4 is 45.2 Å². The molecule has 240 valence electrons. The highest BCUT2D eigenvalue weighted by Crippen LogP contribution is 2.24. The molecule has 1 aliphatic heterocycles. The van der Waals surface area contributed by atoms with Crippen LogP contribution in [0.5, 0.6) is 0 Å². The first-order valence-electron chi connectivity index (χ1n) is 15.9. The van der Waals surface area contributed by atoms with Gasteiger partial charge in [-0.25, -0.2) is 9.78 Å². The normalized spacial score (nSPS) is 15.3. The third kappa shape index (κ3) is 9.00. The molecule has 5 rings (SSSR count). The Morgan fingerprint density at radius 2 is 1.63 bits per heavy atom. The van der Waals surface area contributed by atoms with Gasteiger partial charge < -0.3 is 20.2 Å². The zero-order valence-corrected chi connectivity index (χ0v) is 26.7. The maximum Gasteiger partial charge on any atom is 0.407 e. The summed E-state index contributed by atoms with van der Waals surface area (Å²) in [4.78, 5) is 60.0. The molecule has 1 aliphatic rings. The number of Topliss-reactive ketones (excluding diaryl/α,β-unsaturated/α-hetero) is 1. The van der Waals surface area contributed by atoms with Crippen molar-refractivity contribution in [1.29, 1.82) is 0 Å². The van der Waals surface area contributed by atoms with Crippen LogP contribution in [-0.4, -0.2) is 69.3 Å². The molecule has 0 bridgehead atoms. The Bertz CT molecular complexity index is 1590. The van der Waals surface area contributed by atoms with Crippen molar-refractivity contribution in [3.63, 3.8) is 0 Å². The maximum absolute atomic E-state index is 13.8. The lowest BCUT2D eigenvalue weighted by Crippen LogP contribution is -2.49. The number of benzene rings is 3. The third-order valence-corrected chi connectivity index (χ3v) is 9.46. The molecule has 2 atom stereocenters. The van der Waals surface area contributed by atoms with Gasteiger partial charge in [0, 0.05) is 32.6 Å². The first kappa shape index (κ1) is 32.8. The number of hydrogen-bond donors (Lipinski definition) is 2. The number of nitrogens with one attached hydrogen (secondary N) is 1. The van der Waals surface area contributed by atoms with Gasteiger partial charge in [-0.05, 0) is 61.8 Å². The Morgan fingerprint density at radius 3 is 2.35 bits per heavy atom. The van der Waals surface area contributed by atoms with Crippen LogP contribution in [-0.2, 0) is 22.6 Å². The summed E-state index contributed by atoms with van der Waals surface area (Å²) < 4.78 is 0.894. The van der Waals surface area contributed by atoms with E-state index in [4.69, 9.17) is 0 Å². The molecule has 46 heavy (non-hydrogen) atoms. The second-order valence-electron chi connectivity index (χ2n) is 11.8. The van der Waals surface area contributed by atoms with Gasteiger partial charge in [0.1, 0.15) is 0 Å². The van der Waals surface area contributed by atoms with Crippen LogP contribution in [0.2, 0.25) is 0 Å². The summed E-state index contributed by atoms with van der Waals surface area (Å²) >= 11 is 1.30. The number of carbonyl (C=O) groups excluding carboxylic acids is 3. The first-order valence-corrected chi connectivity index (χ1v) is 16.7. The number of nitrogens with zero attached hydrogens (tertiary/aromatic N) is 3. The number of carbonyl (C=O) groups is 4. The van der Waals surface area contributed by atoms with E-state index in [2.05, 4.69) is 10.3 Å². The minimum Gasteiger partial charge on any atom is -0.465 e.